The lowest BCUT2D eigenvalue weighted by molar-refractivity contribution is 0.116. The molecule has 0 amide bonds. The number of benzene rings is 1. The van der Waals surface area contributed by atoms with Crippen LogP contribution in [0.5, 0.6) is 5.75 Å². The van der Waals surface area contributed by atoms with Crippen LogP contribution in [0.1, 0.15) is 23.7 Å². The second-order valence-corrected chi connectivity index (χ2v) is 6.40. The number of aliphatic hydroxyl groups is 1. The molecule has 4 heteroatoms. The molecule has 0 spiro atoms. The molecule has 2 atom stereocenters. The van der Waals surface area contributed by atoms with Gasteiger partial charge >= 0.3 is 0 Å². The zero-order valence-corrected chi connectivity index (χ0v) is 13.7. The Labute approximate surface area is 128 Å². The van der Waals surface area contributed by atoms with Crippen LogP contribution in [0.25, 0.3) is 0 Å². The third-order valence-electron chi connectivity index (χ3n) is 4.29. The van der Waals surface area contributed by atoms with Gasteiger partial charge in [0.2, 0.25) is 0 Å². The summed E-state index contributed by atoms with van der Waals surface area (Å²) in [7, 11) is 5.91. The van der Waals surface area contributed by atoms with Crippen molar-refractivity contribution in [1.29, 1.82) is 0 Å². The number of methoxy groups -OCH3 is 1. The molecule has 1 saturated heterocycles. The van der Waals surface area contributed by atoms with E-state index in [0.717, 1.165) is 30.0 Å². The van der Waals surface area contributed by atoms with Crippen molar-refractivity contribution in [2.45, 2.75) is 19.4 Å². The largest absolute Gasteiger partial charge is 0.496 e. The Balaban J connectivity index is 1.94. The topological polar surface area (TPSA) is 35.9 Å². The van der Waals surface area contributed by atoms with Crippen LogP contribution in [0.3, 0.4) is 0 Å². The highest BCUT2D eigenvalue weighted by Gasteiger charge is 2.22. The minimum Gasteiger partial charge on any atom is -0.496 e. The van der Waals surface area contributed by atoms with E-state index in [9.17, 15) is 5.11 Å². The molecule has 1 N–H and O–H groups in total. The van der Waals surface area contributed by atoms with Crippen molar-refractivity contribution in [3.63, 3.8) is 0 Å². The van der Waals surface area contributed by atoms with Crippen LogP contribution in [0.4, 0.5) is 0 Å². The van der Waals surface area contributed by atoms with Crippen molar-refractivity contribution >= 4 is 0 Å². The number of likely N-dealkylation sites (N-methyl/N-ethyl adjacent to an activating group) is 1. The summed E-state index contributed by atoms with van der Waals surface area (Å²) >= 11 is 0. The monoisotopic (exact) mass is 292 g/mol. The van der Waals surface area contributed by atoms with Gasteiger partial charge in [-0.15, -0.1) is 0 Å². The molecule has 2 unspecified atom stereocenters. The first-order valence-electron chi connectivity index (χ1n) is 7.69. The number of hydrogen-bond donors (Lipinski definition) is 1. The minimum absolute atomic E-state index is 0.510. The second-order valence-electron chi connectivity index (χ2n) is 6.40. The van der Waals surface area contributed by atoms with Crippen molar-refractivity contribution in [2.24, 2.45) is 5.92 Å². The maximum Gasteiger partial charge on any atom is 0.124 e. The second kappa shape index (κ2) is 7.25. The molecule has 0 bridgehead atoms. The van der Waals surface area contributed by atoms with Gasteiger partial charge in [-0.1, -0.05) is 11.6 Å². The quantitative estimate of drug-likeness (QED) is 0.869. The van der Waals surface area contributed by atoms with Crippen molar-refractivity contribution in [2.75, 3.05) is 47.4 Å². The molecular weight excluding hydrogens is 264 g/mol. The Hall–Kier alpha value is -1.10. The molecule has 1 aliphatic heterocycles. The van der Waals surface area contributed by atoms with Crippen LogP contribution in [0.15, 0.2) is 18.2 Å². The predicted molar refractivity (Wildman–Crippen MR) is 85.8 cm³/mol. The summed E-state index contributed by atoms with van der Waals surface area (Å²) in [5.41, 5.74) is 2.03. The molecule has 0 aliphatic carbocycles. The fraction of sp³-hybridized carbons (Fsp3) is 0.647. The highest BCUT2D eigenvalue weighted by molar-refractivity contribution is 5.38. The number of rotatable bonds is 6. The van der Waals surface area contributed by atoms with E-state index < -0.39 is 6.10 Å². The molecule has 0 saturated carbocycles. The molecule has 0 radical (unpaired) electrons. The molecule has 21 heavy (non-hydrogen) atoms. The van der Waals surface area contributed by atoms with Gasteiger partial charge in [0.25, 0.3) is 0 Å². The fourth-order valence-electron chi connectivity index (χ4n) is 3.20. The van der Waals surface area contributed by atoms with Crippen molar-refractivity contribution in [3.8, 4) is 5.75 Å². The van der Waals surface area contributed by atoms with Gasteiger partial charge in [0, 0.05) is 25.2 Å². The van der Waals surface area contributed by atoms with Crippen molar-refractivity contribution < 1.29 is 9.84 Å². The Morgan fingerprint density at radius 1 is 1.48 bits per heavy atom. The van der Waals surface area contributed by atoms with E-state index in [1.165, 1.54) is 13.0 Å². The average Bonchev–Trinajstić information content (AvgIpc) is 2.83. The highest BCUT2D eigenvalue weighted by Crippen LogP contribution is 2.27. The summed E-state index contributed by atoms with van der Waals surface area (Å²) in [6, 6.07) is 5.95. The molecule has 2 rings (SSSR count). The number of nitrogens with zero attached hydrogens (tertiary/aromatic N) is 2. The molecule has 118 valence electrons. The summed E-state index contributed by atoms with van der Waals surface area (Å²) in [6.07, 6.45) is 0.744. The molecule has 1 fully saturated rings. The zero-order chi connectivity index (χ0) is 15.4. The van der Waals surface area contributed by atoms with Gasteiger partial charge in [-0.25, -0.2) is 0 Å². The SMILES string of the molecule is COc1ccc(C)cc1C(O)CN(C)CC1CCN(C)C1. The van der Waals surface area contributed by atoms with Gasteiger partial charge in [-0.05, 0) is 52.0 Å². The van der Waals surface area contributed by atoms with E-state index in [-0.39, 0.29) is 0 Å². The zero-order valence-electron chi connectivity index (χ0n) is 13.7. The lowest BCUT2D eigenvalue weighted by atomic mass is 10.0. The Bertz CT molecular complexity index is 464. The van der Waals surface area contributed by atoms with E-state index in [1.54, 1.807) is 7.11 Å². The molecule has 4 nitrogen and oxygen atoms in total. The number of hydrogen-bond acceptors (Lipinski definition) is 4. The van der Waals surface area contributed by atoms with Gasteiger partial charge in [0.1, 0.15) is 5.75 Å². The molecule has 1 aromatic carbocycles. The van der Waals surface area contributed by atoms with Gasteiger partial charge in [-0.2, -0.15) is 0 Å². The minimum atomic E-state index is -0.510. The van der Waals surface area contributed by atoms with E-state index >= 15 is 0 Å². The Morgan fingerprint density at radius 3 is 2.86 bits per heavy atom. The molecule has 1 heterocycles. The third-order valence-corrected chi connectivity index (χ3v) is 4.29. The van der Waals surface area contributed by atoms with Crippen LogP contribution in [0, 0.1) is 12.8 Å². The first-order chi connectivity index (χ1) is 9.99. The van der Waals surface area contributed by atoms with Crippen LogP contribution >= 0.6 is 0 Å². The van der Waals surface area contributed by atoms with E-state index in [2.05, 4.69) is 23.9 Å². The van der Waals surface area contributed by atoms with E-state index in [1.807, 2.05) is 25.1 Å². The van der Waals surface area contributed by atoms with Crippen LogP contribution in [0.2, 0.25) is 0 Å². The first-order valence-corrected chi connectivity index (χ1v) is 7.69. The van der Waals surface area contributed by atoms with Gasteiger partial charge in [0.05, 0.1) is 13.2 Å². The summed E-state index contributed by atoms with van der Waals surface area (Å²) in [5.74, 6) is 1.48. The van der Waals surface area contributed by atoms with Crippen molar-refractivity contribution in [1.82, 2.24) is 9.80 Å². The van der Waals surface area contributed by atoms with Crippen LogP contribution in [-0.4, -0.2) is 62.3 Å². The molecular formula is C17H28N2O2. The number of aryl methyl sites for hydroxylation is 1. The maximum atomic E-state index is 10.5. The van der Waals surface area contributed by atoms with Gasteiger partial charge < -0.3 is 19.6 Å². The normalized spacial score (nSPS) is 21.0. The smallest absolute Gasteiger partial charge is 0.124 e. The third kappa shape index (κ3) is 4.43. The van der Waals surface area contributed by atoms with Crippen LogP contribution < -0.4 is 4.74 Å². The summed E-state index contributed by atoms with van der Waals surface area (Å²) in [6.45, 7) is 6.06. The average molecular weight is 292 g/mol. The number of ether oxygens (including phenoxy) is 1. The van der Waals surface area contributed by atoms with E-state index in [4.69, 9.17) is 4.74 Å². The van der Waals surface area contributed by atoms with Gasteiger partial charge in [-0.3, -0.25) is 0 Å². The maximum absolute atomic E-state index is 10.5. The fourth-order valence-corrected chi connectivity index (χ4v) is 3.20. The molecule has 1 aromatic rings. The first kappa shape index (κ1) is 16.3. The lowest BCUT2D eigenvalue weighted by Gasteiger charge is -2.24. The number of aliphatic hydroxyl groups excluding tert-OH is 1. The standard InChI is InChI=1S/C17H28N2O2/c1-13-5-6-17(21-4)15(9-13)16(20)12-19(3)11-14-7-8-18(2)10-14/h5-6,9,14,16,20H,7-8,10-12H2,1-4H3. The Morgan fingerprint density at radius 2 is 2.24 bits per heavy atom. The van der Waals surface area contributed by atoms with Crippen molar-refractivity contribution in [3.05, 3.63) is 29.3 Å². The summed E-state index contributed by atoms with van der Waals surface area (Å²) < 4.78 is 5.37. The highest BCUT2D eigenvalue weighted by atomic mass is 16.5. The lowest BCUT2D eigenvalue weighted by Crippen LogP contribution is -2.31. The predicted octanol–water partition coefficient (Wildman–Crippen LogP) is 1.92. The summed E-state index contributed by atoms with van der Waals surface area (Å²) in [5, 5.41) is 10.5. The van der Waals surface area contributed by atoms with E-state index in [0.29, 0.717) is 12.5 Å². The van der Waals surface area contributed by atoms with Crippen LogP contribution in [-0.2, 0) is 0 Å². The number of likely N-dealkylation sites (tertiary alicyclic amines) is 1. The summed E-state index contributed by atoms with van der Waals surface area (Å²) in [4.78, 5) is 4.61. The molecule has 1 aliphatic rings. The molecule has 0 aromatic heterocycles. The van der Waals surface area contributed by atoms with Gasteiger partial charge in [0.15, 0.2) is 0 Å². The Kier molecular flexibility index (Phi) is 5.62.